The molecule has 1 aromatic carbocycles. The quantitative estimate of drug-likeness (QED) is 0.299. The number of carbonyl (C=O) groups is 1. The van der Waals surface area contributed by atoms with Crippen LogP contribution in [0.15, 0.2) is 48.6 Å². The number of hydrogen-bond acceptors (Lipinski definition) is 2. The van der Waals surface area contributed by atoms with Crippen molar-refractivity contribution in [1.82, 2.24) is 0 Å². The molecule has 0 aliphatic heterocycles. The van der Waals surface area contributed by atoms with Crippen molar-refractivity contribution in [1.29, 1.82) is 0 Å². The van der Waals surface area contributed by atoms with E-state index in [2.05, 4.69) is 13.5 Å². The molecule has 0 N–H and O–H groups in total. The van der Waals surface area contributed by atoms with Crippen LogP contribution in [0.25, 0.3) is 0 Å². The van der Waals surface area contributed by atoms with Crippen molar-refractivity contribution in [3.63, 3.8) is 0 Å². The number of esters is 1. The Bertz CT molecular complexity index is 434. The molecule has 0 unspecified atom stereocenters. The summed E-state index contributed by atoms with van der Waals surface area (Å²) in [6, 6.07) is 9.55. The van der Waals surface area contributed by atoms with Gasteiger partial charge < -0.3 is 4.74 Å². The van der Waals surface area contributed by atoms with Crippen LogP contribution in [0, 0.1) is 6.58 Å². The molecule has 2 heteroatoms. The maximum Gasteiger partial charge on any atom is 0.333 e. The molecule has 1 aromatic rings. The average molecular weight is 315 g/mol. The molecule has 23 heavy (non-hydrogen) atoms. The van der Waals surface area contributed by atoms with E-state index in [0.717, 1.165) is 12.0 Å². The minimum Gasteiger partial charge on any atom is -0.457 e. The molecule has 0 saturated heterocycles. The number of carbonyl (C=O) groups excluding carboxylic acids is 1. The molecule has 0 fully saturated rings. The van der Waals surface area contributed by atoms with Gasteiger partial charge in [0.2, 0.25) is 0 Å². The van der Waals surface area contributed by atoms with Crippen molar-refractivity contribution >= 4 is 5.97 Å². The Labute approximate surface area is 142 Å². The number of allylic oxidation sites excluding steroid dienone is 1. The predicted molar refractivity (Wildman–Crippen MR) is 97.9 cm³/mol. The van der Waals surface area contributed by atoms with Gasteiger partial charge >= 0.3 is 5.97 Å². The van der Waals surface area contributed by atoms with E-state index in [4.69, 9.17) is 11.3 Å². The molecule has 2 nitrogen and oxygen atoms in total. The zero-order valence-corrected chi connectivity index (χ0v) is 14.7. The molecule has 0 aromatic heterocycles. The summed E-state index contributed by atoms with van der Waals surface area (Å²) in [6.45, 7) is 12.9. The van der Waals surface area contributed by atoms with Crippen LogP contribution in [0.2, 0.25) is 0 Å². The highest BCUT2D eigenvalue weighted by molar-refractivity contribution is 5.86. The van der Waals surface area contributed by atoms with E-state index >= 15 is 0 Å². The highest BCUT2D eigenvalue weighted by Gasteiger charge is 2.02. The molecule has 0 saturated carbocycles. The van der Waals surface area contributed by atoms with Gasteiger partial charge in [0, 0.05) is 5.57 Å². The lowest BCUT2D eigenvalue weighted by Crippen LogP contribution is -2.04. The summed E-state index contributed by atoms with van der Waals surface area (Å²) in [5, 5.41) is 0. The normalized spacial score (nSPS) is 9.48. The molecule has 1 rings (SSSR count). The SMILES string of the molecule is C=C(C)C(=O)OCc1ccccc1.[CH]=CCCCCCCCC. The number of unbranched alkanes of at least 4 members (excludes halogenated alkanes) is 6. The van der Waals surface area contributed by atoms with Gasteiger partial charge in [-0.25, -0.2) is 4.79 Å². The summed E-state index contributed by atoms with van der Waals surface area (Å²) >= 11 is 0. The minimum absolute atomic E-state index is 0.312. The Morgan fingerprint density at radius 2 is 1.74 bits per heavy atom. The Balaban J connectivity index is 0.000000438. The third-order valence-corrected chi connectivity index (χ3v) is 3.29. The Morgan fingerprint density at radius 3 is 2.30 bits per heavy atom. The third-order valence-electron chi connectivity index (χ3n) is 3.29. The van der Waals surface area contributed by atoms with Gasteiger partial charge in [0.25, 0.3) is 0 Å². The monoisotopic (exact) mass is 315 g/mol. The van der Waals surface area contributed by atoms with Gasteiger partial charge in [-0.2, -0.15) is 0 Å². The number of hydrogen-bond donors (Lipinski definition) is 0. The van der Waals surface area contributed by atoms with Crippen molar-refractivity contribution in [3.8, 4) is 0 Å². The van der Waals surface area contributed by atoms with Gasteiger partial charge in [-0.1, -0.05) is 88.6 Å². The van der Waals surface area contributed by atoms with E-state index < -0.39 is 0 Å². The molecule has 0 aliphatic rings. The van der Waals surface area contributed by atoms with Gasteiger partial charge in [-0.15, -0.1) is 0 Å². The molecule has 0 spiro atoms. The molecule has 0 atom stereocenters. The summed E-state index contributed by atoms with van der Waals surface area (Å²) in [5.74, 6) is -0.344. The lowest BCUT2D eigenvalue weighted by Gasteiger charge is -2.03. The summed E-state index contributed by atoms with van der Waals surface area (Å²) in [7, 11) is 0. The van der Waals surface area contributed by atoms with Crippen LogP contribution in [-0.4, -0.2) is 5.97 Å². The molecular formula is C21H31O2. The Hall–Kier alpha value is -1.83. The maximum absolute atomic E-state index is 11.0. The second-order valence-corrected chi connectivity index (χ2v) is 5.63. The molecular weight excluding hydrogens is 284 g/mol. The van der Waals surface area contributed by atoms with Gasteiger partial charge in [-0.3, -0.25) is 0 Å². The first-order valence-corrected chi connectivity index (χ1v) is 8.51. The second-order valence-electron chi connectivity index (χ2n) is 5.63. The van der Waals surface area contributed by atoms with Crippen LogP contribution in [0.4, 0.5) is 0 Å². The van der Waals surface area contributed by atoms with E-state index in [1.54, 1.807) is 13.0 Å². The van der Waals surface area contributed by atoms with Crippen LogP contribution in [0.5, 0.6) is 0 Å². The first kappa shape index (κ1) is 21.2. The maximum atomic E-state index is 11.0. The van der Waals surface area contributed by atoms with Gasteiger partial charge in [-0.05, 0) is 25.3 Å². The molecule has 127 valence electrons. The highest BCUT2D eigenvalue weighted by Crippen LogP contribution is 2.06. The number of ether oxygens (including phenoxy) is 1. The minimum atomic E-state index is -0.344. The van der Waals surface area contributed by atoms with E-state index in [9.17, 15) is 4.79 Å². The Morgan fingerprint density at radius 1 is 1.13 bits per heavy atom. The van der Waals surface area contributed by atoms with Crippen molar-refractivity contribution in [2.75, 3.05) is 0 Å². The summed E-state index contributed by atoms with van der Waals surface area (Å²) < 4.78 is 4.95. The van der Waals surface area contributed by atoms with Crippen molar-refractivity contribution < 1.29 is 9.53 Å². The van der Waals surface area contributed by atoms with Crippen LogP contribution < -0.4 is 0 Å². The fraction of sp³-hybridized carbons (Fsp3) is 0.476. The molecule has 0 aliphatic carbocycles. The largest absolute Gasteiger partial charge is 0.457 e. The predicted octanol–water partition coefficient (Wildman–Crippen LogP) is 6.03. The molecule has 1 radical (unpaired) electrons. The fourth-order valence-electron chi connectivity index (χ4n) is 1.89. The van der Waals surface area contributed by atoms with Crippen LogP contribution >= 0.6 is 0 Å². The summed E-state index contributed by atoms with van der Waals surface area (Å²) in [6.07, 6.45) is 11.0. The van der Waals surface area contributed by atoms with Gasteiger partial charge in [0.1, 0.15) is 6.61 Å². The van der Waals surface area contributed by atoms with E-state index in [1.165, 1.54) is 38.5 Å². The Kier molecular flexibility index (Phi) is 13.9. The lowest BCUT2D eigenvalue weighted by atomic mass is 10.1. The summed E-state index contributed by atoms with van der Waals surface area (Å²) in [4.78, 5) is 11.0. The standard InChI is InChI=1S/C11H12O2.C10H19/c1-9(2)11(12)13-8-10-6-4-3-5-7-10;1-3-5-7-9-10-8-6-4-2/h3-7H,1,8H2,2H3;1,3H,4-10H2,2H3. The second kappa shape index (κ2) is 15.1. The van der Waals surface area contributed by atoms with Crippen molar-refractivity contribution in [2.45, 2.75) is 65.4 Å². The zero-order chi connectivity index (χ0) is 17.3. The lowest BCUT2D eigenvalue weighted by molar-refractivity contribution is -0.140. The van der Waals surface area contributed by atoms with Crippen LogP contribution in [0.3, 0.4) is 0 Å². The number of benzene rings is 1. The molecule has 0 bridgehead atoms. The topological polar surface area (TPSA) is 26.3 Å². The van der Waals surface area contributed by atoms with Crippen LogP contribution in [-0.2, 0) is 16.1 Å². The first-order valence-electron chi connectivity index (χ1n) is 8.51. The smallest absolute Gasteiger partial charge is 0.333 e. The van der Waals surface area contributed by atoms with E-state index in [0.29, 0.717) is 12.2 Å². The van der Waals surface area contributed by atoms with Crippen molar-refractivity contribution in [3.05, 3.63) is 60.7 Å². The van der Waals surface area contributed by atoms with Crippen LogP contribution in [0.1, 0.15) is 64.4 Å². The van der Waals surface area contributed by atoms with Crippen molar-refractivity contribution in [2.24, 2.45) is 0 Å². The third kappa shape index (κ3) is 13.5. The van der Waals surface area contributed by atoms with E-state index in [1.807, 2.05) is 30.3 Å². The highest BCUT2D eigenvalue weighted by atomic mass is 16.5. The molecule has 0 amide bonds. The van der Waals surface area contributed by atoms with E-state index in [-0.39, 0.29) is 5.97 Å². The number of rotatable bonds is 10. The summed E-state index contributed by atoms with van der Waals surface area (Å²) in [5.41, 5.74) is 1.41. The zero-order valence-electron chi connectivity index (χ0n) is 14.7. The molecule has 0 heterocycles. The van der Waals surface area contributed by atoms with Gasteiger partial charge in [0.05, 0.1) is 0 Å². The average Bonchev–Trinajstić information content (AvgIpc) is 2.57. The first-order chi connectivity index (χ1) is 11.1. The van der Waals surface area contributed by atoms with Gasteiger partial charge in [0.15, 0.2) is 0 Å². The fourth-order valence-corrected chi connectivity index (χ4v) is 1.89.